The summed E-state index contributed by atoms with van der Waals surface area (Å²) >= 11 is 0. The fraction of sp³-hybridized carbons (Fsp3) is 0. The predicted molar refractivity (Wildman–Crippen MR) is 20.6 cm³/mol. The van der Waals surface area contributed by atoms with Crippen LogP contribution in [0.1, 0.15) is 0 Å². The molecule has 43 valence electrons. The molecule has 0 aliphatic carbocycles. The van der Waals surface area contributed by atoms with Gasteiger partial charge in [-0.1, -0.05) is 0 Å². The van der Waals surface area contributed by atoms with Crippen LogP contribution in [0.15, 0.2) is 0 Å². The number of carbonyl (C=O) groups excluding carboxylic acids is 1. The molecule has 4 nitrogen and oxygen atoms in total. The minimum atomic E-state index is -1.82. The van der Waals surface area contributed by atoms with E-state index in [0.29, 0.717) is 0 Å². The third kappa shape index (κ3) is 2.17. The minimum Gasteiger partial charge on any atom is -0.499 e. The normalized spacial score (nSPS) is 7.62. The molecule has 0 spiro atoms. The van der Waals surface area contributed by atoms with Gasteiger partial charge in [-0.25, -0.2) is 9.59 Å². The Morgan fingerprint density at radius 2 is 2.12 bits per heavy atom. The lowest BCUT2D eigenvalue weighted by molar-refractivity contribution is -0.158. The van der Waals surface area contributed by atoms with Crippen molar-refractivity contribution < 1.29 is 23.7 Å². The topological polar surface area (TPSA) is 63.6 Å². The van der Waals surface area contributed by atoms with Crippen LogP contribution in [0.2, 0.25) is 0 Å². The van der Waals surface area contributed by atoms with Crippen molar-refractivity contribution in [2.45, 2.75) is 0 Å². The van der Waals surface area contributed by atoms with Gasteiger partial charge >= 0.3 is 19.7 Å². The Morgan fingerprint density at radius 1 is 1.62 bits per heavy atom. The lowest BCUT2D eigenvalue weighted by Crippen LogP contribution is -2.16. The Bertz CT molecular complexity index is 113. The summed E-state index contributed by atoms with van der Waals surface area (Å²) in [6.45, 7) is 0. The fourth-order valence-electron chi connectivity index (χ4n) is 0.0909. The Hall–Kier alpha value is -1.07. The number of hydrogen-bond acceptors (Lipinski definition) is 3. The van der Waals surface area contributed by atoms with E-state index in [4.69, 9.17) is 5.11 Å². The SMILES string of the molecule is O=C(O)C(=O)O[B]F. The Kier molecular flexibility index (Phi) is 2.61. The highest BCUT2D eigenvalue weighted by atomic mass is 19.1. The summed E-state index contributed by atoms with van der Waals surface area (Å²) in [5.74, 6) is -3.45. The first-order valence-corrected chi connectivity index (χ1v) is 1.54. The first-order valence-electron chi connectivity index (χ1n) is 1.54. The molecule has 0 atom stereocenters. The molecule has 0 heterocycles. The molecule has 0 aromatic rings. The number of hydrogen-bond donors (Lipinski definition) is 1. The highest BCUT2D eigenvalue weighted by molar-refractivity contribution is 6.36. The standard InChI is InChI=1S/C2HBFO4/c4-3-8-2(7)1(5)6/h(H,5,6). The highest BCUT2D eigenvalue weighted by Gasteiger charge is 2.12. The maximum absolute atomic E-state index is 10.8. The van der Waals surface area contributed by atoms with Gasteiger partial charge in [0.05, 0.1) is 0 Å². The molecule has 1 N–H and O–H groups in total. The van der Waals surface area contributed by atoms with Gasteiger partial charge in [0, 0.05) is 0 Å². The highest BCUT2D eigenvalue weighted by Crippen LogP contribution is 1.74. The molecule has 0 aliphatic rings. The lowest BCUT2D eigenvalue weighted by Gasteiger charge is -1.88. The minimum absolute atomic E-state index is 0.490. The van der Waals surface area contributed by atoms with E-state index in [1.807, 2.05) is 0 Å². The van der Waals surface area contributed by atoms with Crippen LogP contribution in [0.25, 0.3) is 0 Å². The van der Waals surface area contributed by atoms with Crippen molar-refractivity contribution in [3.05, 3.63) is 0 Å². The van der Waals surface area contributed by atoms with E-state index < -0.39 is 19.7 Å². The maximum Gasteiger partial charge on any atom is 0.618 e. The number of aliphatic carboxylic acids is 1. The van der Waals surface area contributed by atoms with Crippen molar-refractivity contribution in [2.24, 2.45) is 0 Å². The van der Waals surface area contributed by atoms with E-state index in [2.05, 4.69) is 4.65 Å². The van der Waals surface area contributed by atoms with Crippen LogP contribution in [0.5, 0.6) is 0 Å². The molecule has 0 saturated heterocycles. The van der Waals surface area contributed by atoms with Crippen LogP contribution in [-0.4, -0.2) is 24.8 Å². The smallest absolute Gasteiger partial charge is 0.499 e. The van der Waals surface area contributed by atoms with Gasteiger partial charge in [0.2, 0.25) is 0 Å². The van der Waals surface area contributed by atoms with Crippen molar-refractivity contribution in [3.8, 4) is 0 Å². The maximum atomic E-state index is 10.8. The first kappa shape index (κ1) is 6.93. The summed E-state index contributed by atoms with van der Waals surface area (Å²) in [5.41, 5.74) is 0. The Balaban J connectivity index is 3.49. The van der Waals surface area contributed by atoms with Crippen LogP contribution in [-0.2, 0) is 14.2 Å². The molecule has 0 unspecified atom stereocenters. The average molecular weight is 119 g/mol. The molecule has 0 aromatic carbocycles. The van der Waals surface area contributed by atoms with Gasteiger partial charge in [-0.05, 0) is 0 Å². The monoisotopic (exact) mass is 119 g/mol. The predicted octanol–water partition coefficient (Wildman–Crippen LogP) is -0.882. The zero-order valence-corrected chi connectivity index (χ0v) is 3.63. The molecule has 8 heavy (non-hydrogen) atoms. The van der Waals surface area contributed by atoms with Crippen molar-refractivity contribution in [1.82, 2.24) is 0 Å². The fourth-order valence-corrected chi connectivity index (χ4v) is 0.0909. The summed E-state index contributed by atoms with van der Waals surface area (Å²) < 4.78 is 14.0. The van der Waals surface area contributed by atoms with Gasteiger partial charge in [0.25, 0.3) is 0 Å². The second-order valence-corrected chi connectivity index (χ2v) is 0.800. The summed E-state index contributed by atoms with van der Waals surface area (Å²) in [6.07, 6.45) is 0. The van der Waals surface area contributed by atoms with E-state index in [1.165, 1.54) is 0 Å². The van der Waals surface area contributed by atoms with Crippen LogP contribution >= 0.6 is 0 Å². The second-order valence-electron chi connectivity index (χ2n) is 0.800. The number of carboxylic acid groups (broad SMARTS) is 1. The second kappa shape index (κ2) is 3.01. The molecule has 0 aliphatic heterocycles. The van der Waals surface area contributed by atoms with E-state index in [1.54, 1.807) is 0 Å². The van der Waals surface area contributed by atoms with Gasteiger partial charge in [0.1, 0.15) is 0 Å². The van der Waals surface area contributed by atoms with Crippen molar-refractivity contribution in [2.75, 3.05) is 0 Å². The molecule has 0 saturated carbocycles. The molecule has 0 rings (SSSR count). The number of carboxylic acids is 1. The third-order valence-corrected chi connectivity index (χ3v) is 0.326. The molecule has 1 radical (unpaired) electrons. The molecular weight excluding hydrogens is 118 g/mol. The van der Waals surface area contributed by atoms with E-state index in [0.717, 1.165) is 0 Å². The Labute approximate surface area is 44.6 Å². The third-order valence-electron chi connectivity index (χ3n) is 0.326. The van der Waals surface area contributed by atoms with Crippen LogP contribution in [0.3, 0.4) is 0 Å². The largest absolute Gasteiger partial charge is 0.618 e. The van der Waals surface area contributed by atoms with Crippen LogP contribution in [0, 0.1) is 0 Å². The average Bonchev–Trinajstić information content (AvgIpc) is 1.67. The molecule has 6 heteroatoms. The van der Waals surface area contributed by atoms with Crippen molar-refractivity contribution in [3.63, 3.8) is 0 Å². The van der Waals surface area contributed by atoms with Gasteiger partial charge in [-0.3, -0.25) is 4.32 Å². The van der Waals surface area contributed by atoms with Crippen LogP contribution in [0.4, 0.5) is 4.32 Å². The summed E-state index contributed by atoms with van der Waals surface area (Å²) in [6, 6.07) is 0. The zero-order chi connectivity index (χ0) is 6.57. The van der Waals surface area contributed by atoms with E-state index in [-0.39, 0.29) is 0 Å². The van der Waals surface area contributed by atoms with Crippen molar-refractivity contribution in [1.29, 1.82) is 0 Å². The summed E-state index contributed by atoms with van der Waals surface area (Å²) in [5, 5.41) is 7.65. The number of halogens is 1. The molecule has 0 bridgehead atoms. The van der Waals surface area contributed by atoms with Gasteiger partial charge in [-0.15, -0.1) is 0 Å². The quantitative estimate of drug-likeness (QED) is 0.359. The summed E-state index contributed by atoms with van der Waals surface area (Å²) in [7, 11) is -0.490. The lowest BCUT2D eigenvalue weighted by atomic mass is 10.5. The van der Waals surface area contributed by atoms with Gasteiger partial charge in [0.15, 0.2) is 0 Å². The Morgan fingerprint density at radius 3 is 2.25 bits per heavy atom. The van der Waals surface area contributed by atoms with E-state index in [9.17, 15) is 13.9 Å². The summed E-state index contributed by atoms with van der Waals surface area (Å²) in [4.78, 5) is 19.1. The molecular formula is C2HBFO4. The molecule has 0 amide bonds. The molecule has 0 aromatic heterocycles. The zero-order valence-electron chi connectivity index (χ0n) is 3.63. The first-order chi connectivity index (χ1) is 3.68. The van der Waals surface area contributed by atoms with Gasteiger partial charge in [-0.2, -0.15) is 0 Å². The number of carbonyl (C=O) groups is 2. The van der Waals surface area contributed by atoms with Crippen molar-refractivity contribution >= 4 is 19.7 Å². The molecule has 0 fully saturated rings. The van der Waals surface area contributed by atoms with Gasteiger partial charge < -0.3 is 9.76 Å². The number of rotatable bonds is 1. The van der Waals surface area contributed by atoms with E-state index >= 15 is 0 Å². The van der Waals surface area contributed by atoms with Crippen LogP contribution < -0.4 is 0 Å².